The molecule has 15 heavy (non-hydrogen) atoms. The van der Waals surface area contributed by atoms with E-state index in [0.29, 0.717) is 9.26 Å². The van der Waals surface area contributed by atoms with Gasteiger partial charge in [-0.25, -0.2) is 13.6 Å². The van der Waals surface area contributed by atoms with Gasteiger partial charge < -0.3 is 4.74 Å². The Labute approximate surface area is 99.0 Å². The molecule has 0 aromatic carbocycles. The van der Waals surface area contributed by atoms with E-state index in [-0.39, 0.29) is 5.56 Å². The summed E-state index contributed by atoms with van der Waals surface area (Å²) in [5, 5.41) is 0. The molecule has 0 aliphatic heterocycles. The second-order valence-electron chi connectivity index (χ2n) is 2.78. The molecule has 1 heterocycles. The van der Waals surface area contributed by atoms with Crippen LogP contribution >= 0.6 is 22.6 Å². The minimum atomic E-state index is -2.74. The van der Waals surface area contributed by atoms with Gasteiger partial charge >= 0.3 is 5.97 Å². The van der Waals surface area contributed by atoms with E-state index in [1.165, 1.54) is 0 Å². The fraction of sp³-hybridized carbons (Fsp3) is 0.333. The monoisotopic (exact) mass is 327 g/mol. The number of carbonyl (C=O) groups excluding carboxylic acids is 1. The van der Waals surface area contributed by atoms with Crippen LogP contribution < -0.4 is 0 Å². The molecule has 0 spiro atoms. The molecule has 0 amide bonds. The zero-order valence-corrected chi connectivity index (χ0v) is 10.2. The van der Waals surface area contributed by atoms with Crippen LogP contribution in [-0.2, 0) is 4.74 Å². The van der Waals surface area contributed by atoms with Gasteiger partial charge in [-0.3, -0.25) is 4.98 Å². The van der Waals surface area contributed by atoms with Crippen molar-refractivity contribution in [1.82, 2.24) is 4.98 Å². The predicted octanol–water partition coefficient (Wildman–Crippen LogP) is 2.72. The Bertz CT molecular complexity index is 396. The maximum atomic E-state index is 12.6. The van der Waals surface area contributed by atoms with Crippen molar-refractivity contribution in [2.45, 2.75) is 13.3 Å². The molecule has 0 bridgehead atoms. The summed E-state index contributed by atoms with van der Waals surface area (Å²) in [6, 6.07) is 0. The number of nitrogens with zero attached hydrogens (tertiary/aromatic N) is 1. The largest absolute Gasteiger partial charge is 0.465 e. The zero-order chi connectivity index (χ0) is 11.6. The molecule has 0 fully saturated rings. The molecule has 0 atom stereocenters. The van der Waals surface area contributed by atoms with Crippen LogP contribution in [-0.4, -0.2) is 18.1 Å². The number of alkyl halides is 2. The summed E-state index contributed by atoms with van der Waals surface area (Å²) in [5.74, 6) is -0.764. The van der Waals surface area contributed by atoms with Crippen LogP contribution in [0.5, 0.6) is 0 Å². The van der Waals surface area contributed by atoms with E-state index in [1.807, 2.05) is 0 Å². The molecule has 1 aromatic rings. The van der Waals surface area contributed by atoms with Crippen molar-refractivity contribution < 1.29 is 18.3 Å². The lowest BCUT2D eigenvalue weighted by molar-refractivity contribution is 0.0587. The number of hydrogen-bond donors (Lipinski definition) is 0. The lowest BCUT2D eigenvalue weighted by atomic mass is 10.1. The van der Waals surface area contributed by atoms with E-state index >= 15 is 0 Å². The highest BCUT2D eigenvalue weighted by molar-refractivity contribution is 14.1. The summed E-state index contributed by atoms with van der Waals surface area (Å²) in [6.45, 7) is 1.64. The first kappa shape index (κ1) is 12.3. The van der Waals surface area contributed by atoms with E-state index in [2.05, 4.69) is 9.72 Å². The minimum Gasteiger partial charge on any atom is -0.465 e. The number of halogens is 3. The SMILES string of the molecule is COC(=O)c1c(C(F)F)cnc(C)c1I. The molecule has 6 heteroatoms. The number of pyridine rings is 1. The van der Waals surface area contributed by atoms with Crippen molar-refractivity contribution in [3.63, 3.8) is 0 Å². The highest BCUT2D eigenvalue weighted by Gasteiger charge is 2.23. The molecule has 1 rings (SSSR count). The lowest BCUT2D eigenvalue weighted by Gasteiger charge is -2.10. The molecule has 0 saturated heterocycles. The number of ether oxygens (including phenoxy) is 1. The topological polar surface area (TPSA) is 39.2 Å². The summed E-state index contributed by atoms with van der Waals surface area (Å²) >= 11 is 1.81. The first-order valence-corrected chi connectivity index (χ1v) is 5.08. The number of aromatic nitrogens is 1. The molecule has 0 aliphatic rings. The van der Waals surface area contributed by atoms with Gasteiger partial charge in [0.25, 0.3) is 6.43 Å². The van der Waals surface area contributed by atoms with Gasteiger partial charge in [0.1, 0.15) is 0 Å². The van der Waals surface area contributed by atoms with Crippen molar-refractivity contribution >= 4 is 28.6 Å². The highest BCUT2D eigenvalue weighted by atomic mass is 127. The maximum absolute atomic E-state index is 12.6. The second kappa shape index (κ2) is 4.82. The number of hydrogen-bond acceptors (Lipinski definition) is 3. The Morgan fingerprint density at radius 1 is 1.60 bits per heavy atom. The van der Waals surface area contributed by atoms with E-state index in [4.69, 9.17) is 0 Å². The van der Waals surface area contributed by atoms with Crippen molar-refractivity contribution in [1.29, 1.82) is 0 Å². The van der Waals surface area contributed by atoms with Gasteiger partial charge in [-0.05, 0) is 29.5 Å². The Kier molecular flexibility index (Phi) is 3.95. The molecular weight excluding hydrogens is 319 g/mol. The molecule has 0 aliphatic carbocycles. The van der Waals surface area contributed by atoms with Gasteiger partial charge in [-0.15, -0.1) is 0 Å². The minimum absolute atomic E-state index is 0.0967. The van der Waals surface area contributed by atoms with E-state index in [9.17, 15) is 13.6 Å². The zero-order valence-electron chi connectivity index (χ0n) is 8.05. The average molecular weight is 327 g/mol. The third-order valence-corrected chi connectivity index (χ3v) is 3.17. The van der Waals surface area contributed by atoms with Crippen LogP contribution in [0.1, 0.15) is 28.0 Å². The van der Waals surface area contributed by atoms with Crippen LogP contribution in [0.4, 0.5) is 8.78 Å². The van der Waals surface area contributed by atoms with Crippen LogP contribution in [0.25, 0.3) is 0 Å². The standard InChI is InChI=1S/C9H8F2INO2/c1-4-7(12)6(9(14)15-2)5(3-13-4)8(10)11/h3,8H,1-2H3. The molecular formula is C9H8F2INO2. The van der Waals surface area contributed by atoms with Crippen LogP contribution in [0, 0.1) is 10.5 Å². The van der Waals surface area contributed by atoms with Crippen LogP contribution in [0.3, 0.4) is 0 Å². The van der Waals surface area contributed by atoms with E-state index in [1.54, 1.807) is 29.5 Å². The van der Waals surface area contributed by atoms with Crippen molar-refractivity contribution in [2.24, 2.45) is 0 Å². The Morgan fingerprint density at radius 2 is 2.20 bits per heavy atom. The number of carbonyl (C=O) groups is 1. The van der Waals surface area contributed by atoms with Crippen molar-refractivity contribution in [3.05, 3.63) is 26.6 Å². The fourth-order valence-corrected chi connectivity index (χ4v) is 1.74. The predicted molar refractivity (Wildman–Crippen MR) is 58.0 cm³/mol. The normalized spacial score (nSPS) is 10.5. The smallest absolute Gasteiger partial charge is 0.339 e. The molecule has 0 saturated carbocycles. The summed E-state index contributed by atoms with van der Waals surface area (Å²) in [5.41, 5.74) is 0.0397. The van der Waals surface area contributed by atoms with E-state index < -0.39 is 18.0 Å². The van der Waals surface area contributed by atoms with E-state index in [0.717, 1.165) is 13.3 Å². The van der Waals surface area contributed by atoms with Crippen LogP contribution in [0.2, 0.25) is 0 Å². The van der Waals surface area contributed by atoms with Gasteiger partial charge in [0.2, 0.25) is 0 Å². The molecule has 0 radical (unpaired) electrons. The van der Waals surface area contributed by atoms with Gasteiger partial charge in [0, 0.05) is 9.77 Å². The summed E-state index contributed by atoms with van der Waals surface area (Å²) in [6.07, 6.45) is -1.73. The average Bonchev–Trinajstić information content (AvgIpc) is 2.20. The van der Waals surface area contributed by atoms with Crippen molar-refractivity contribution in [3.8, 4) is 0 Å². The molecule has 1 aromatic heterocycles. The number of esters is 1. The third-order valence-electron chi connectivity index (χ3n) is 1.85. The molecule has 0 N–H and O–H groups in total. The van der Waals surface area contributed by atoms with Gasteiger partial charge in [-0.2, -0.15) is 0 Å². The van der Waals surface area contributed by atoms with Gasteiger partial charge in [0.15, 0.2) is 0 Å². The first-order valence-electron chi connectivity index (χ1n) is 4.00. The fourth-order valence-electron chi connectivity index (χ4n) is 1.07. The quantitative estimate of drug-likeness (QED) is 0.619. The van der Waals surface area contributed by atoms with Gasteiger partial charge in [0.05, 0.1) is 23.9 Å². The lowest BCUT2D eigenvalue weighted by Crippen LogP contribution is -2.11. The van der Waals surface area contributed by atoms with Gasteiger partial charge in [-0.1, -0.05) is 0 Å². The Hall–Kier alpha value is -0.790. The molecule has 82 valence electrons. The summed E-state index contributed by atoms with van der Waals surface area (Å²) < 4.78 is 30.0. The number of methoxy groups -OCH3 is 1. The Morgan fingerprint density at radius 3 is 2.67 bits per heavy atom. The molecule has 0 unspecified atom stereocenters. The highest BCUT2D eigenvalue weighted by Crippen LogP contribution is 2.27. The third kappa shape index (κ3) is 2.42. The molecule has 3 nitrogen and oxygen atoms in total. The Balaban J connectivity index is 3.41. The second-order valence-corrected chi connectivity index (χ2v) is 3.86. The number of aryl methyl sites for hydroxylation is 1. The first-order chi connectivity index (χ1) is 6.99. The summed E-state index contributed by atoms with van der Waals surface area (Å²) in [4.78, 5) is 15.1. The summed E-state index contributed by atoms with van der Waals surface area (Å²) in [7, 11) is 1.16. The van der Waals surface area contributed by atoms with Crippen LogP contribution in [0.15, 0.2) is 6.20 Å². The maximum Gasteiger partial charge on any atom is 0.339 e. The van der Waals surface area contributed by atoms with Crippen molar-refractivity contribution in [2.75, 3.05) is 7.11 Å². The number of rotatable bonds is 2.